The number of aliphatic hydroxyl groups is 5. The standard InChI is InChI=1S/C46H54O13/c1-24-21-32-43(52)35(24)55-33(48)18-12-11-17-31(54-39(49)27-13-7-5-8-14-27)30-20-19-28(25(30)2)22-41(4,51)45(53)36-26(3)44(32)34(37-42(23-47,56-37)40(43)50)38(45)58-46(57-36,59-44)29-15-9-6-10-16-29/h5-18,24-26,28,30-32,34-38,40,47,50-53H,19-23H2,1-4H3/b17-11-,18-12-/t24-,25-,26+,28+,30-,31+,32+,34-,35-,36-,37?,38+,40+,41+,42-,43+,44-,45-,46-/m0/s1. The lowest BCUT2D eigenvalue weighted by Gasteiger charge is -2.74. The van der Waals surface area contributed by atoms with Crippen LogP contribution in [0.15, 0.2) is 85.0 Å². The molecule has 1 spiro atoms. The quantitative estimate of drug-likeness (QED) is 0.223. The number of benzene rings is 2. The molecule has 0 radical (unpaired) electrons. The summed E-state index contributed by atoms with van der Waals surface area (Å²) in [5.74, 6) is -6.79. The van der Waals surface area contributed by atoms with E-state index in [0.717, 1.165) is 0 Å². The summed E-state index contributed by atoms with van der Waals surface area (Å²) < 4.78 is 39.7. The molecule has 5 N–H and O–H groups in total. The van der Waals surface area contributed by atoms with Crippen LogP contribution in [0, 0.1) is 41.4 Å². The highest BCUT2D eigenvalue weighted by molar-refractivity contribution is 5.89. The number of carbonyl (C=O) groups is 2. The Bertz CT molecular complexity index is 2060. The number of ether oxygens (including phenoxy) is 6. The van der Waals surface area contributed by atoms with Gasteiger partial charge in [-0.15, -0.1) is 0 Å². The van der Waals surface area contributed by atoms with Crippen molar-refractivity contribution in [3.63, 3.8) is 0 Å². The van der Waals surface area contributed by atoms with Gasteiger partial charge in [-0.1, -0.05) is 81.5 Å². The Kier molecular flexibility index (Phi) is 8.90. The summed E-state index contributed by atoms with van der Waals surface area (Å²) in [6.45, 7) is 6.66. The maximum atomic E-state index is 13.7. The van der Waals surface area contributed by atoms with Gasteiger partial charge in [-0.2, -0.15) is 0 Å². The molecule has 10 aliphatic rings. The second kappa shape index (κ2) is 13.3. The van der Waals surface area contributed by atoms with Crippen LogP contribution in [0.5, 0.6) is 0 Å². The molecule has 2 aromatic rings. The molecule has 13 nitrogen and oxygen atoms in total. The van der Waals surface area contributed by atoms with E-state index >= 15 is 0 Å². The molecule has 316 valence electrons. The van der Waals surface area contributed by atoms with E-state index in [0.29, 0.717) is 24.0 Å². The smallest absolute Gasteiger partial charge is 0.338 e. The minimum atomic E-state index is -2.22. The zero-order valence-electron chi connectivity index (χ0n) is 33.6. The first kappa shape index (κ1) is 39.6. The molecule has 2 aromatic carbocycles. The van der Waals surface area contributed by atoms with Crippen LogP contribution in [0.4, 0.5) is 0 Å². The van der Waals surface area contributed by atoms with Crippen molar-refractivity contribution in [3.05, 3.63) is 96.1 Å². The van der Waals surface area contributed by atoms with Crippen LogP contribution in [0.25, 0.3) is 0 Å². The lowest BCUT2D eigenvalue weighted by Crippen LogP contribution is -2.89. The molecular formula is C46H54O13. The molecule has 11 bridgehead atoms. The van der Waals surface area contributed by atoms with Crippen molar-refractivity contribution in [3.8, 4) is 0 Å². The lowest BCUT2D eigenvalue weighted by atomic mass is 9.49. The van der Waals surface area contributed by atoms with Crippen molar-refractivity contribution in [2.24, 2.45) is 41.4 Å². The number of hydrogen-bond acceptors (Lipinski definition) is 13. The number of rotatable bonds is 4. The van der Waals surface area contributed by atoms with E-state index in [1.54, 1.807) is 55.5 Å². The molecule has 0 aromatic heterocycles. The highest BCUT2D eigenvalue weighted by atomic mass is 16.9. The first-order valence-corrected chi connectivity index (χ1v) is 21.2. The summed E-state index contributed by atoms with van der Waals surface area (Å²) in [6.07, 6.45) is 0.608. The zero-order chi connectivity index (χ0) is 41.5. The first-order chi connectivity index (χ1) is 28.1. The van der Waals surface area contributed by atoms with Gasteiger partial charge in [0.1, 0.15) is 53.4 Å². The van der Waals surface area contributed by atoms with Crippen LogP contribution in [0.2, 0.25) is 0 Å². The van der Waals surface area contributed by atoms with Gasteiger partial charge in [0.2, 0.25) is 0 Å². The van der Waals surface area contributed by atoms with Crippen molar-refractivity contribution < 1.29 is 63.5 Å². The van der Waals surface area contributed by atoms with Crippen LogP contribution in [-0.4, -0.2) is 109 Å². The van der Waals surface area contributed by atoms with E-state index in [4.69, 9.17) is 28.4 Å². The number of carbonyl (C=O) groups excluding carboxylic acids is 2. The van der Waals surface area contributed by atoms with Gasteiger partial charge < -0.3 is 54.0 Å². The third-order valence-corrected chi connectivity index (χ3v) is 16.2. The molecule has 12 rings (SSSR count). The molecular weight excluding hydrogens is 760 g/mol. The summed E-state index contributed by atoms with van der Waals surface area (Å²) in [7, 11) is 0. The highest BCUT2D eigenvalue weighted by Gasteiger charge is 2.91. The topological polar surface area (TPSA) is 194 Å². The van der Waals surface area contributed by atoms with Gasteiger partial charge in [0.25, 0.3) is 0 Å². The van der Waals surface area contributed by atoms with Gasteiger partial charge in [-0.25, -0.2) is 9.59 Å². The summed E-state index contributed by atoms with van der Waals surface area (Å²) in [4.78, 5) is 27.2. The minimum Gasteiger partial charge on any atom is -0.456 e. The molecule has 19 atom stereocenters. The van der Waals surface area contributed by atoms with Gasteiger partial charge in [0.05, 0.1) is 23.4 Å². The fourth-order valence-electron chi connectivity index (χ4n) is 13.3. The van der Waals surface area contributed by atoms with E-state index < -0.39 is 113 Å². The Morgan fingerprint density at radius 1 is 0.881 bits per heavy atom. The summed E-state index contributed by atoms with van der Waals surface area (Å²) >= 11 is 0. The van der Waals surface area contributed by atoms with E-state index in [1.165, 1.54) is 12.2 Å². The van der Waals surface area contributed by atoms with Gasteiger partial charge in [-0.05, 0) is 68.6 Å². The normalized spacial score (nSPS) is 52.8. The first-order valence-electron chi connectivity index (χ1n) is 21.2. The molecule has 59 heavy (non-hydrogen) atoms. The highest BCUT2D eigenvalue weighted by Crippen LogP contribution is 2.75. The van der Waals surface area contributed by atoms with Gasteiger partial charge in [0, 0.05) is 35.3 Å². The molecule has 8 fully saturated rings. The second-order valence-electron chi connectivity index (χ2n) is 19.0. The Labute approximate surface area is 342 Å². The molecule has 4 saturated carbocycles. The number of allylic oxidation sites excluding steroid dienone is 2. The van der Waals surface area contributed by atoms with Crippen molar-refractivity contribution in [1.82, 2.24) is 0 Å². The second-order valence-corrected chi connectivity index (χ2v) is 19.0. The summed E-state index contributed by atoms with van der Waals surface area (Å²) in [5, 5.41) is 63.4. The summed E-state index contributed by atoms with van der Waals surface area (Å²) in [5.41, 5.74) is -8.50. The maximum Gasteiger partial charge on any atom is 0.338 e. The van der Waals surface area contributed by atoms with E-state index in [-0.39, 0.29) is 30.6 Å². The number of hydrogen-bond donors (Lipinski definition) is 5. The predicted molar refractivity (Wildman–Crippen MR) is 207 cm³/mol. The Hall–Kier alpha value is -3.50. The van der Waals surface area contributed by atoms with Crippen LogP contribution >= 0.6 is 0 Å². The monoisotopic (exact) mass is 814 g/mol. The summed E-state index contributed by atoms with van der Waals surface area (Å²) in [6, 6.07) is 17.7. The molecule has 1 unspecified atom stereocenters. The van der Waals surface area contributed by atoms with Crippen molar-refractivity contribution in [1.29, 1.82) is 0 Å². The Morgan fingerprint density at radius 2 is 1.58 bits per heavy atom. The van der Waals surface area contributed by atoms with Crippen LogP contribution in [-0.2, 0) is 39.2 Å². The molecule has 13 heteroatoms. The molecule has 4 saturated heterocycles. The van der Waals surface area contributed by atoms with Crippen molar-refractivity contribution in [2.75, 3.05) is 6.61 Å². The Morgan fingerprint density at radius 3 is 2.29 bits per heavy atom. The van der Waals surface area contributed by atoms with Crippen LogP contribution < -0.4 is 0 Å². The molecule has 6 heterocycles. The van der Waals surface area contributed by atoms with Gasteiger partial charge in [-0.3, -0.25) is 0 Å². The number of epoxide rings is 1. The van der Waals surface area contributed by atoms with Crippen molar-refractivity contribution in [2.45, 2.75) is 124 Å². The fourth-order valence-corrected chi connectivity index (χ4v) is 13.3. The minimum absolute atomic E-state index is 0.102. The third-order valence-electron chi connectivity index (χ3n) is 16.2. The number of esters is 2. The average Bonchev–Trinajstić information content (AvgIpc) is 3.79. The molecule has 0 amide bonds. The van der Waals surface area contributed by atoms with E-state index in [2.05, 4.69) is 6.92 Å². The lowest BCUT2D eigenvalue weighted by molar-refractivity contribution is -0.595. The molecule has 4 aliphatic carbocycles. The zero-order valence-corrected chi connectivity index (χ0v) is 33.6. The largest absolute Gasteiger partial charge is 0.456 e. The van der Waals surface area contributed by atoms with E-state index in [9.17, 15) is 35.1 Å². The van der Waals surface area contributed by atoms with Crippen LogP contribution in [0.3, 0.4) is 0 Å². The molecule has 6 aliphatic heterocycles. The van der Waals surface area contributed by atoms with Gasteiger partial charge in [0.15, 0.2) is 0 Å². The third kappa shape index (κ3) is 5.17. The Balaban J connectivity index is 1.14. The van der Waals surface area contributed by atoms with Gasteiger partial charge >= 0.3 is 17.9 Å². The van der Waals surface area contributed by atoms with E-state index in [1.807, 2.05) is 38.1 Å². The average molecular weight is 815 g/mol. The SMILES string of the molecule is C[C@H]1[C@@H]2CC[C@@H]1[C@H](OC(=O)c1ccccc1)/C=C\C=C/C(=O)O[C@H]1[C@@H](C)C[C@@H]3[C@]1(O)[C@H](O)[C@@]1(CO)OC1[C@H]1[C@H]4O[C@]5(c6ccccc6)O[C@@H]([C@@H](C)[C@]31O5)[C@@]4(O)[C@](C)(O)C2. The maximum absolute atomic E-state index is 13.7. The number of aliphatic hydroxyl groups excluding tert-OH is 2. The number of fused-ring (bicyclic) bond motifs is 6. The fraction of sp³-hybridized carbons (Fsp3) is 0.609. The van der Waals surface area contributed by atoms with Crippen LogP contribution in [0.1, 0.15) is 69.3 Å². The van der Waals surface area contributed by atoms with Crippen molar-refractivity contribution >= 4 is 11.9 Å². The predicted octanol–water partition coefficient (Wildman–Crippen LogP) is 3.31.